The summed E-state index contributed by atoms with van der Waals surface area (Å²) in [6, 6.07) is 14.2. The molecule has 0 aliphatic rings. The second-order valence-electron chi connectivity index (χ2n) is 4.65. The molecule has 104 valence electrons. The van der Waals surface area contributed by atoms with Gasteiger partial charge in [-0.25, -0.2) is 0 Å². The molecule has 0 aliphatic carbocycles. The van der Waals surface area contributed by atoms with Crippen molar-refractivity contribution < 1.29 is 0 Å². The first-order chi connectivity index (χ1) is 10.2. The number of aromatic nitrogens is 2. The molecule has 1 aromatic heterocycles. The Bertz CT molecular complexity index is 802. The smallest absolute Gasteiger partial charge is 0.0671 e. The maximum Gasteiger partial charge on any atom is 0.0671 e. The highest BCUT2D eigenvalue weighted by Gasteiger charge is 2.12. The normalized spacial score (nSPS) is 10.5. The number of H-pyrrole nitrogens is 1. The fourth-order valence-electron chi connectivity index (χ4n) is 2.23. The molecule has 0 aliphatic heterocycles. The van der Waals surface area contributed by atoms with Gasteiger partial charge in [0.25, 0.3) is 0 Å². The van der Waals surface area contributed by atoms with E-state index in [1.54, 1.807) is 6.08 Å². The number of rotatable bonds is 4. The Morgan fingerprint density at radius 1 is 1.14 bits per heavy atom. The van der Waals surface area contributed by atoms with Crippen LogP contribution in [0.25, 0.3) is 10.9 Å². The van der Waals surface area contributed by atoms with Gasteiger partial charge in [-0.1, -0.05) is 29.1 Å². The Morgan fingerprint density at radius 3 is 2.57 bits per heavy atom. The van der Waals surface area contributed by atoms with Crippen LogP contribution in [-0.4, -0.2) is 10.2 Å². The fourth-order valence-corrected chi connectivity index (χ4v) is 2.49. The molecule has 0 bridgehead atoms. The summed E-state index contributed by atoms with van der Waals surface area (Å²) in [5, 5.41) is 8.13. The molecule has 0 saturated carbocycles. The minimum absolute atomic E-state index is 0.816. The molecule has 3 rings (SSSR count). The first-order valence-corrected chi connectivity index (χ1v) is 7.28. The number of halogens is 1. The summed E-state index contributed by atoms with van der Waals surface area (Å²) in [4.78, 5) is 2.06. The third-order valence-electron chi connectivity index (χ3n) is 3.29. The Labute approximate surface area is 131 Å². The van der Waals surface area contributed by atoms with Gasteiger partial charge in [-0.3, -0.25) is 5.10 Å². The second kappa shape index (κ2) is 5.58. The van der Waals surface area contributed by atoms with E-state index in [1.165, 1.54) is 0 Å². The van der Waals surface area contributed by atoms with Crippen molar-refractivity contribution in [3.8, 4) is 0 Å². The third kappa shape index (κ3) is 2.62. The van der Waals surface area contributed by atoms with E-state index < -0.39 is 0 Å². The number of nitrogens with one attached hydrogen (secondary N) is 1. The molecule has 0 unspecified atom stereocenters. The summed E-state index contributed by atoms with van der Waals surface area (Å²) in [5.41, 5.74) is 3.85. The maximum atomic E-state index is 4.09. The summed E-state index contributed by atoms with van der Waals surface area (Å²) >= 11 is 3.46. The monoisotopic (exact) mass is 339 g/mol. The molecular formula is C17H14BrN3. The van der Waals surface area contributed by atoms with Gasteiger partial charge >= 0.3 is 0 Å². The van der Waals surface area contributed by atoms with E-state index in [1.807, 2.05) is 36.5 Å². The van der Waals surface area contributed by atoms with Gasteiger partial charge in [0.2, 0.25) is 0 Å². The molecule has 0 saturated heterocycles. The number of fused-ring (bicyclic) bond motifs is 1. The SMILES string of the molecule is C=CC(=C)N(c1ccc(Br)cc1)c1ccc2cn[nH]c2c1. The first-order valence-electron chi connectivity index (χ1n) is 6.49. The van der Waals surface area contributed by atoms with Gasteiger partial charge in [0.05, 0.1) is 11.7 Å². The van der Waals surface area contributed by atoms with Crippen molar-refractivity contribution in [1.29, 1.82) is 0 Å². The number of hydrogen-bond acceptors (Lipinski definition) is 2. The van der Waals surface area contributed by atoms with Crippen LogP contribution >= 0.6 is 15.9 Å². The van der Waals surface area contributed by atoms with Crippen LogP contribution in [0.2, 0.25) is 0 Å². The summed E-state index contributed by atoms with van der Waals surface area (Å²) in [5.74, 6) is 0. The van der Waals surface area contributed by atoms with E-state index in [0.29, 0.717) is 0 Å². The van der Waals surface area contributed by atoms with Crippen LogP contribution < -0.4 is 4.90 Å². The highest BCUT2D eigenvalue weighted by molar-refractivity contribution is 9.10. The van der Waals surface area contributed by atoms with Gasteiger partial charge in [-0.05, 0) is 48.5 Å². The van der Waals surface area contributed by atoms with Gasteiger partial charge < -0.3 is 4.90 Å². The minimum atomic E-state index is 0.816. The maximum absolute atomic E-state index is 4.09. The number of aromatic amines is 1. The van der Waals surface area contributed by atoms with E-state index in [4.69, 9.17) is 0 Å². The number of allylic oxidation sites excluding steroid dienone is 1. The summed E-state index contributed by atoms with van der Waals surface area (Å²) in [6.07, 6.45) is 3.56. The quantitative estimate of drug-likeness (QED) is 0.665. The number of anilines is 2. The topological polar surface area (TPSA) is 31.9 Å². The highest BCUT2D eigenvalue weighted by atomic mass is 79.9. The van der Waals surface area contributed by atoms with Gasteiger partial charge in [0.15, 0.2) is 0 Å². The molecule has 21 heavy (non-hydrogen) atoms. The molecule has 0 amide bonds. The van der Waals surface area contributed by atoms with Crippen LogP contribution in [0.1, 0.15) is 0 Å². The van der Waals surface area contributed by atoms with Crippen molar-refractivity contribution >= 4 is 38.2 Å². The molecule has 0 radical (unpaired) electrons. The first kappa shape index (κ1) is 13.6. The van der Waals surface area contributed by atoms with Crippen LogP contribution in [0.4, 0.5) is 11.4 Å². The van der Waals surface area contributed by atoms with Crippen molar-refractivity contribution in [3.63, 3.8) is 0 Å². The van der Waals surface area contributed by atoms with Crippen molar-refractivity contribution in [1.82, 2.24) is 10.2 Å². The van der Waals surface area contributed by atoms with Crippen LogP contribution in [0.3, 0.4) is 0 Å². The molecule has 1 N–H and O–H groups in total. The van der Waals surface area contributed by atoms with E-state index >= 15 is 0 Å². The largest absolute Gasteiger partial charge is 0.311 e. The molecule has 4 heteroatoms. The van der Waals surface area contributed by atoms with Gasteiger partial charge in [0.1, 0.15) is 0 Å². The number of hydrogen-bond donors (Lipinski definition) is 1. The molecule has 3 aromatic rings. The standard InChI is InChI=1S/C17H14BrN3/c1-3-12(2)21(15-8-5-14(18)6-9-15)16-7-4-13-11-19-20-17(13)10-16/h3-11H,1-2H2,(H,19,20). The van der Waals surface area contributed by atoms with Crippen LogP contribution in [-0.2, 0) is 0 Å². The van der Waals surface area contributed by atoms with Crippen molar-refractivity contribution in [3.05, 3.63) is 78.1 Å². The number of nitrogens with zero attached hydrogens (tertiary/aromatic N) is 2. The molecular weight excluding hydrogens is 326 g/mol. The molecule has 3 nitrogen and oxygen atoms in total. The van der Waals surface area contributed by atoms with Crippen LogP contribution in [0.15, 0.2) is 78.1 Å². The lowest BCUT2D eigenvalue weighted by molar-refractivity contribution is 1.12. The van der Waals surface area contributed by atoms with E-state index in [9.17, 15) is 0 Å². The summed E-state index contributed by atoms with van der Waals surface area (Å²) in [7, 11) is 0. The highest BCUT2D eigenvalue weighted by Crippen LogP contribution is 2.32. The minimum Gasteiger partial charge on any atom is -0.311 e. The number of benzene rings is 2. The predicted molar refractivity (Wildman–Crippen MR) is 91.7 cm³/mol. The van der Waals surface area contributed by atoms with E-state index in [0.717, 1.165) is 32.4 Å². The van der Waals surface area contributed by atoms with Crippen molar-refractivity contribution in [2.45, 2.75) is 0 Å². The Balaban J connectivity index is 2.12. The van der Waals surface area contributed by atoms with Crippen LogP contribution in [0.5, 0.6) is 0 Å². The molecule has 2 aromatic carbocycles. The Hall–Kier alpha value is -2.33. The second-order valence-corrected chi connectivity index (χ2v) is 5.56. The van der Waals surface area contributed by atoms with Gasteiger partial charge in [0, 0.05) is 26.9 Å². The van der Waals surface area contributed by atoms with Gasteiger partial charge in [-0.15, -0.1) is 0 Å². The lowest BCUT2D eigenvalue weighted by Crippen LogP contribution is -2.13. The Kier molecular flexibility index (Phi) is 3.62. The van der Waals surface area contributed by atoms with E-state index in [2.05, 4.69) is 56.3 Å². The zero-order valence-corrected chi connectivity index (χ0v) is 13.0. The zero-order valence-electron chi connectivity index (χ0n) is 11.4. The lowest BCUT2D eigenvalue weighted by atomic mass is 10.2. The summed E-state index contributed by atoms with van der Waals surface area (Å²) in [6.45, 7) is 7.92. The predicted octanol–water partition coefficient (Wildman–Crippen LogP) is 5.16. The summed E-state index contributed by atoms with van der Waals surface area (Å²) < 4.78 is 1.04. The molecule has 0 spiro atoms. The average Bonchev–Trinajstić information content (AvgIpc) is 2.97. The fraction of sp³-hybridized carbons (Fsp3) is 0. The lowest BCUT2D eigenvalue weighted by Gasteiger charge is -2.25. The van der Waals surface area contributed by atoms with Crippen molar-refractivity contribution in [2.75, 3.05) is 4.90 Å². The molecule has 1 heterocycles. The Morgan fingerprint density at radius 2 is 1.86 bits per heavy atom. The van der Waals surface area contributed by atoms with E-state index in [-0.39, 0.29) is 0 Å². The molecule has 0 atom stereocenters. The van der Waals surface area contributed by atoms with Crippen LogP contribution in [0, 0.1) is 0 Å². The van der Waals surface area contributed by atoms with Crippen molar-refractivity contribution in [2.24, 2.45) is 0 Å². The molecule has 0 fully saturated rings. The average molecular weight is 340 g/mol. The third-order valence-corrected chi connectivity index (χ3v) is 3.82. The van der Waals surface area contributed by atoms with Gasteiger partial charge in [-0.2, -0.15) is 5.10 Å². The zero-order chi connectivity index (χ0) is 14.8.